The van der Waals surface area contributed by atoms with Crippen molar-refractivity contribution >= 4 is 11.7 Å². The predicted molar refractivity (Wildman–Crippen MR) is 147 cm³/mol. The lowest BCUT2D eigenvalue weighted by Crippen LogP contribution is -2.18. The summed E-state index contributed by atoms with van der Waals surface area (Å²) in [7, 11) is 1.34. The molecular weight excluding hydrogens is 478 g/mol. The Hall–Kier alpha value is -3.29. The van der Waals surface area contributed by atoms with Crippen LogP contribution >= 0.6 is 0 Å². The number of methoxy groups -OCH3 is 1. The first-order valence-electron chi connectivity index (χ1n) is 14.0. The molecule has 1 fully saturated rings. The molecule has 3 aromatic heterocycles. The number of hydrogen-bond acceptors (Lipinski definition) is 7. The number of aryl methyl sites for hydroxylation is 5. The molecule has 3 aromatic rings. The minimum atomic E-state index is -0.540. The van der Waals surface area contributed by atoms with Crippen molar-refractivity contribution in [3.05, 3.63) is 63.7 Å². The first kappa shape index (κ1) is 27.7. The monoisotopic (exact) mass is 519 g/mol. The van der Waals surface area contributed by atoms with E-state index in [2.05, 4.69) is 41.0 Å². The fourth-order valence-electron chi connectivity index (χ4n) is 5.74. The van der Waals surface area contributed by atoms with E-state index in [4.69, 9.17) is 9.72 Å². The van der Waals surface area contributed by atoms with Crippen LogP contribution in [0, 0.1) is 25.7 Å². The molecule has 0 amide bonds. The first-order chi connectivity index (χ1) is 18.3. The lowest BCUT2D eigenvalue weighted by molar-refractivity contribution is -0.136. The summed E-state index contributed by atoms with van der Waals surface area (Å²) in [4.78, 5) is 26.5. The van der Waals surface area contributed by atoms with Crippen LogP contribution in [0.1, 0.15) is 86.5 Å². The third-order valence-corrected chi connectivity index (χ3v) is 7.82. The normalized spacial score (nSPS) is 15.6. The van der Waals surface area contributed by atoms with Gasteiger partial charge in [-0.2, -0.15) is 4.98 Å². The molecule has 3 heterocycles. The molecule has 1 atom stereocenters. The van der Waals surface area contributed by atoms with Crippen molar-refractivity contribution in [1.29, 1.82) is 0 Å². The summed E-state index contributed by atoms with van der Waals surface area (Å²) in [5, 5.41) is 15.9. The van der Waals surface area contributed by atoms with Gasteiger partial charge >= 0.3 is 5.97 Å². The number of carbonyl (C=O) groups is 1. The zero-order valence-electron chi connectivity index (χ0n) is 23.5. The average molecular weight is 520 g/mol. The van der Waals surface area contributed by atoms with Crippen LogP contribution in [-0.2, 0) is 35.2 Å². The van der Waals surface area contributed by atoms with Crippen LogP contribution in [0.5, 0.6) is 0 Å². The number of aliphatic hydroxyl groups excluding tert-OH is 1. The number of aromatic nitrogens is 5. The van der Waals surface area contributed by atoms with E-state index in [0.29, 0.717) is 23.9 Å². The van der Waals surface area contributed by atoms with Gasteiger partial charge in [0.05, 0.1) is 12.7 Å². The number of nitrogens with zero attached hydrogens (tertiary/aromatic N) is 5. The highest BCUT2D eigenvalue weighted by molar-refractivity contribution is 5.89. The van der Waals surface area contributed by atoms with Gasteiger partial charge in [-0.1, -0.05) is 39.5 Å². The summed E-state index contributed by atoms with van der Waals surface area (Å²) in [6.45, 7) is 8.13. The molecule has 38 heavy (non-hydrogen) atoms. The molecule has 0 aromatic carbocycles. The number of ether oxygens (including phenoxy) is 1. The van der Waals surface area contributed by atoms with Crippen LogP contribution in [-0.4, -0.2) is 42.8 Å². The summed E-state index contributed by atoms with van der Waals surface area (Å²) in [6.07, 6.45) is 9.06. The van der Waals surface area contributed by atoms with Gasteiger partial charge in [-0.05, 0) is 75.1 Å². The predicted octanol–water partition coefficient (Wildman–Crippen LogP) is 5.62. The lowest BCUT2D eigenvalue weighted by Gasteiger charge is -2.24. The molecule has 0 saturated heterocycles. The fraction of sp³-hybridized carbons (Fsp3) is 0.567. The van der Waals surface area contributed by atoms with Gasteiger partial charge in [0.15, 0.2) is 5.82 Å². The van der Waals surface area contributed by atoms with E-state index in [1.165, 1.54) is 38.4 Å². The smallest absolute Gasteiger partial charge is 0.337 e. The topological polar surface area (TPSA) is 102 Å². The Kier molecular flexibility index (Phi) is 9.13. The van der Waals surface area contributed by atoms with Gasteiger partial charge < -0.3 is 9.84 Å². The summed E-state index contributed by atoms with van der Waals surface area (Å²) in [6, 6.07) is 6.36. The second-order valence-corrected chi connectivity index (χ2v) is 10.6. The minimum Gasteiger partial charge on any atom is -0.512 e. The Morgan fingerprint density at radius 2 is 1.76 bits per heavy atom. The molecule has 0 aliphatic heterocycles. The number of fused-ring (bicyclic) bond motifs is 1. The molecule has 4 rings (SSSR count). The van der Waals surface area contributed by atoms with Crippen molar-refractivity contribution < 1.29 is 14.6 Å². The number of carbonyl (C=O) groups excluding carboxylic acids is 1. The molecule has 0 spiro atoms. The van der Waals surface area contributed by atoms with Gasteiger partial charge in [-0.15, -0.1) is 5.10 Å². The molecule has 1 N–H and O–H groups in total. The van der Waals surface area contributed by atoms with Crippen LogP contribution in [0.3, 0.4) is 0 Å². The zero-order valence-corrected chi connectivity index (χ0v) is 23.5. The van der Waals surface area contributed by atoms with E-state index in [1.807, 2.05) is 19.9 Å². The van der Waals surface area contributed by atoms with Gasteiger partial charge in [0, 0.05) is 35.6 Å². The van der Waals surface area contributed by atoms with Gasteiger partial charge in [0.1, 0.15) is 5.76 Å². The molecule has 1 aliphatic carbocycles. The Labute approximate surface area is 225 Å². The van der Waals surface area contributed by atoms with Crippen molar-refractivity contribution in [3.8, 4) is 0 Å². The van der Waals surface area contributed by atoms with Gasteiger partial charge in [-0.3, -0.25) is 4.98 Å². The number of pyridine rings is 1. The number of aliphatic hydroxyl groups is 1. The summed E-state index contributed by atoms with van der Waals surface area (Å²) >= 11 is 0. The lowest BCUT2D eigenvalue weighted by atomic mass is 9.82. The fourth-order valence-corrected chi connectivity index (χ4v) is 5.74. The van der Waals surface area contributed by atoms with E-state index in [9.17, 15) is 9.90 Å². The molecule has 8 heteroatoms. The van der Waals surface area contributed by atoms with E-state index in [1.54, 1.807) is 4.52 Å². The molecular formula is C30H41N5O3. The highest BCUT2D eigenvalue weighted by Gasteiger charge is 2.28. The van der Waals surface area contributed by atoms with Gasteiger partial charge in [-0.25, -0.2) is 14.3 Å². The van der Waals surface area contributed by atoms with Crippen LogP contribution in [0.15, 0.2) is 29.5 Å². The Balaban J connectivity index is 1.58. The number of rotatable bonds is 11. The second-order valence-electron chi connectivity index (χ2n) is 10.6. The molecule has 8 nitrogen and oxygen atoms in total. The maximum Gasteiger partial charge on any atom is 0.337 e. The molecule has 1 aliphatic rings. The van der Waals surface area contributed by atoms with Crippen molar-refractivity contribution in [3.63, 3.8) is 0 Å². The molecule has 0 unspecified atom stereocenters. The van der Waals surface area contributed by atoms with E-state index < -0.39 is 5.97 Å². The molecule has 204 valence electrons. The molecule has 0 radical (unpaired) electrons. The van der Waals surface area contributed by atoms with Gasteiger partial charge in [0.2, 0.25) is 0 Å². The van der Waals surface area contributed by atoms with E-state index in [-0.39, 0.29) is 23.7 Å². The Morgan fingerprint density at radius 1 is 1.08 bits per heavy atom. The minimum absolute atomic E-state index is 0.0895. The van der Waals surface area contributed by atoms with E-state index >= 15 is 0 Å². The third kappa shape index (κ3) is 6.58. The first-order valence-corrected chi connectivity index (χ1v) is 14.0. The zero-order chi connectivity index (χ0) is 27.2. The summed E-state index contributed by atoms with van der Waals surface area (Å²) < 4.78 is 6.73. The molecule has 1 saturated carbocycles. The quantitative estimate of drug-likeness (QED) is 0.199. The average Bonchev–Trinajstić information content (AvgIpc) is 3.59. The summed E-state index contributed by atoms with van der Waals surface area (Å²) in [5.74, 6) is 1.29. The highest BCUT2D eigenvalue weighted by Crippen LogP contribution is 2.37. The number of allylic oxidation sites excluding steroid dienone is 1. The highest BCUT2D eigenvalue weighted by atomic mass is 16.5. The number of hydrogen-bond donors (Lipinski definition) is 1. The number of esters is 1. The van der Waals surface area contributed by atoms with E-state index in [0.717, 1.165) is 48.5 Å². The summed E-state index contributed by atoms with van der Waals surface area (Å²) in [5.41, 5.74) is 5.56. The van der Waals surface area contributed by atoms with Crippen molar-refractivity contribution in [2.24, 2.45) is 11.8 Å². The second kappa shape index (κ2) is 12.5. The SMILES string of the molecule is CCc1cc(CC[C@@H](C/C(O)=C(/Cc2nc3nc(C)cc(C)n3n2)C(=O)OC)C2CCCC2)cc(CC)n1. The third-order valence-electron chi connectivity index (χ3n) is 7.82. The maximum absolute atomic E-state index is 12.8. The van der Waals surface area contributed by atoms with Crippen molar-refractivity contribution in [2.75, 3.05) is 7.11 Å². The van der Waals surface area contributed by atoms with Crippen LogP contribution in [0.2, 0.25) is 0 Å². The standard InChI is InChI=1S/C30H41N5O3/c1-6-24-15-21(16-25(7-2)32-24)12-13-23(22-10-8-9-11-22)17-27(36)26(29(37)38-5)18-28-33-30-31-19(3)14-20(4)35(30)34-28/h14-16,22-23,36H,6-13,17-18H2,1-5H3/b27-26+/t23-/m0/s1. The largest absolute Gasteiger partial charge is 0.512 e. The van der Waals surface area contributed by atoms with Gasteiger partial charge in [0.25, 0.3) is 5.78 Å². The van der Waals surface area contributed by atoms with Crippen molar-refractivity contribution in [2.45, 2.75) is 91.9 Å². The Morgan fingerprint density at radius 3 is 2.39 bits per heavy atom. The Bertz CT molecular complexity index is 1280. The van der Waals surface area contributed by atoms with Crippen LogP contribution < -0.4 is 0 Å². The van der Waals surface area contributed by atoms with Crippen molar-refractivity contribution in [1.82, 2.24) is 24.6 Å². The maximum atomic E-state index is 12.8. The van der Waals surface area contributed by atoms with Crippen LogP contribution in [0.25, 0.3) is 5.78 Å². The van der Waals surface area contributed by atoms with Crippen LogP contribution in [0.4, 0.5) is 0 Å². The molecule has 0 bridgehead atoms.